The van der Waals surface area contributed by atoms with E-state index < -0.39 is 0 Å². The van der Waals surface area contributed by atoms with E-state index in [4.69, 9.17) is 17.3 Å². The Morgan fingerprint density at radius 1 is 1.35 bits per heavy atom. The molecule has 20 heavy (non-hydrogen) atoms. The van der Waals surface area contributed by atoms with Gasteiger partial charge >= 0.3 is 0 Å². The van der Waals surface area contributed by atoms with Crippen molar-refractivity contribution in [1.29, 1.82) is 0 Å². The Morgan fingerprint density at radius 2 is 2.00 bits per heavy atom. The fourth-order valence-electron chi connectivity index (χ4n) is 2.97. The number of nitrogens with two attached hydrogens (primary N) is 1. The van der Waals surface area contributed by atoms with Crippen molar-refractivity contribution in [2.75, 3.05) is 38.6 Å². The van der Waals surface area contributed by atoms with Gasteiger partial charge in [-0.2, -0.15) is 0 Å². The molecule has 2 N–H and O–H groups in total. The average molecular weight is 296 g/mol. The molecule has 1 aliphatic heterocycles. The first-order valence-corrected chi connectivity index (χ1v) is 7.80. The first-order chi connectivity index (χ1) is 9.47. The molecule has 1 atom stereocenters. The highest BCUT2D eigenvalue weighted by molar-refractivity contribution is 6.31. The molecule has 1 aliphatic rings. The van der Waals surface area contributed by atoms with Gasteiger partial charge in [0.15, 0.2) is 0 Å². The summed E-state index contributed by atoms with van der Waals surface area (Å²) in [7, 11) is 4.30. The zero-order valence-corrected chi connectivity index (χ0v) is 13.5. The SMILES string of the molecule is CC(N)c1ccc(N2CCC(CN(C)C)CC2)cc1Cl. The second kappa shape index (κ2) is 6.79. The third kappa shape index (κ3) is 3.87. The van der Waals surface area contributed by atoms with E-state index in [0.29, 0.717) is 0 Å². The van der Waals surface area contributed by atoms with Crippen molar-refractivity contribution >= 4 is 17.3 Å². The number of rotatable bonds is 4. The minimum atomic E-state index is -0.0117. The van der Waals surface area contributed by atoms with Gasteiger partial charge in [0.05, 0.1) is 0 Å². The van der Waals surface area contributed by atoms with Crippen molar-refractivity contribution in [1.82, 2.24) is 4.90 Å². The molecule has 0 radical (unpaired) electrons. The van der Waals surface area contributed by atoms with Crippen LogP contribution in [0.4, 0.5) is 5.69 Å². The molecule has 1 unspecified atom stereocenters. The lowest BCUT2D eigenvalue weighted by Gasteiger charge is -2.35. The third-order valence-electron chi connectivity index (χ3n) is 4.08. The van der Waals surface area contributed by atoms with Gasteiger partial charge in [-0.1, -0.05) is 17.7 Å². The van der Waals surface area contributed by atoms with Gasteiger partial charge in [-0.05, 0) is 57.5 Å². The molecule has 1 aromatic rings. The van der Waals surface area contributed by atoms with E-state index in [1.165, 1.54) is 25.1 Å². The summed E-state index contributed by atoms with van der Waals surface area (Å²) in [6, 6.07) is 6.26. The number of piperidine rings is 1. The number of benzene rings is 1. The van der Waals surface area contributed by atoms with Gasteiger partial charge in [-0.15, -0.1) is 0 Å². The largest absolute Gasteiger partial charge is 0.371 e. The van der Waals surface area contributed by atoms with E-state index in [2.05, 4.69) is 42.1 Å². The topological polar surface area (TPSA) is 32.5 Å². The molecule has 1 saturated heterocycles. The lowest BCUT2D eigenvalue weighted by molar-refractivity contribution is 0.285. The Hall–Kier alpha value is -0.770. The van der Waals surface area contributed by atoms with E-state index in [1.807, 2.05) is 6.92 Å². The average Bonchev–Trinajstić information content (AvgIpc) is 2.38. The predicted molar refractivity (Wildman–Crippen MR) is 87.5 cm³/mol. The molecule has 0 bridgehead atoms. The molecular formula is C16H26ClN3. The number of hydrogen-bond acceptors (Lipinski definition) is 3. The normalized spacial score (nSPS) is 18.6. The van der Waals surface area contributed by atoms with E-state index in [-0.39, 0.29) is 6.04 Å². The quantitative estimate of drug-likeness (QED) is 0.926. The standard InChI is InChI=1S/C16H26ClN3/c1-12(18)15-5-4-14(10-16(15)17)20-8-6-13(7-9-20)11-19(2)3/h4-5,10,12-13H,6-9,11,18H2,1-3H3. The van der Waals surface area contributed by atoms with E-state index >= 15 is 0 Å². The second-order valence-corrected chi connectivity index (χ2v) is 6.59. The maximum atomic E-state index is 6.33. The lowest BCUT2D eigenvalue weighted by atomic mass is 9.96. The predicted octanol–water partition coefficient (Wildman–Crippen LogP) is 3.14. The highest BCUT2D eigenvalue weighted by atomic mass is 35.5. The van der Waals surface area contributed by atoms with Crippen LogP contribution in [0.3, 0.4) is 0 Å². The minimum Gasteiger partial charge on any atom is -0.371 e. The van der Waals surface area contributed by atoms with Crippen LogP contribution in [0, 0.1) is 5.92 Å². The van der Waals surface area contributed by atoms with Crippen LogP contribution in [0.25, 0.3) is 0 Å². The molecule has 1 heterocycles. The van der Waals surface area contributed by atoms with Crippen molar-refractivity contribution < 1.29 is 0 Å². The molecule has 4 heteroatoms. The summed E-state index contributed by atoms with van der Waals surface area (Å²) in [4.78, 5) is 4.72. The zero-order chi connectivity index (χ0) is 14.7. The van der Waals surface area contributed by atoms with Crippen molar-refractivity contribution in [2.45, 2.75) is 25.8 Å². The van der Waals surface area contributed by atoms with Gasteiger partial charge in [0, 0.05) is 36.4 Å². The van der Waals surface area contributed by atoms with Crippen molar-refractivity contribution in [2.24, 2.45) is 11.7 Å². The summed E-state index contributed by atoms with van der Waals surface area (Å²) in [5.41, 5.74) is 8.16. The zero-order valence-electron chi connectivity index (χ0n) is 12.8. The van der Waals surface area contributed by atoms with Crippen LogP contribution in [0.15, 0.2) is 18.2 Å². The van der Waals surface area contributed by atoms with Crippen LogP contribution in [-0.4, -0.2) is 38.6 Å². The van der Waals surface area contributed by atoms with Crippen LogP contribution in [-0.2, 0) is 0 Å². The minimum absolute atomic E-state index is 0.0117. The van der Waals surface area contributed by atoms with Gasteiger partial charge in [-0.25, -0.2) is 0 Å². The van der Waals surface area contributed by atoms with Gasteiger partial charge in [0.1, 0.15) is 0 Å². The van der Waals surface area contributed by atoms with Gasteiger partial charge < -0.3 is 15.5 Å². The van der Waals surface area contributed by atoms with Crippen LogP contribution >= 0.6 is 11.6 Å². The Balaban J connectivity index is 1.98. The van der Waals surface area contributed by atoms with E-state index in [0.717, 1.165) is 29.6 Å². The lowest BCUT2D eigenvalue weighted by Crippen LogP contribution is -2.37. The Labute approximate surface area is 127 Å². The molecule has 0 saturated carbocycles. The maximum absolute atomic E-state index is 6.33. The number of halogens is 1. The van der Waals surface area contributed by atoms with E-state index in [9.17, 15) is 0 Å². The molecular weight excluding hydrogens is 270 g/mol. The molecule has 0 amide bonds. The maximum Gasteiger partial charge on any atom is 0.0474 e. The van der Waals surface area contributed by atoms with Crippen LogP contribution in [0.1, 0.15) is 31.4 Å². The smallest absolute Gasteiger partial charge is 0.0474 e. The van der Waals surface area contributed by atoms with Gasteiger partial charge in [-0.3, -0.25) is 0 Å². The van der Waals surface area contributed by atoms with Crippen LogP contribution in [0.5, 0.6) is 0 Å². The molecule has 3 nitrogen and oxygen atoms in total. The fraction of sp³-hybridized carbons (Fsp3) is 0.625. The molecule has 2 rings (SSSR count). The van der Waals surface area contributed by atoms with Gasteiger partial charge in [0.25, 0.3) is 0 Å². The highest BCUT2D eigenvalue weighted by Crippen LogP contribution is 2.29. The summed E-state index contributed by atoms with van der Waals surface area (Å²) >= 11 is 6.33. The first-order valence-electron chi connectivity index (χ1n) is 7.42. The fourth-order valence-corrected chi connectivity index (χ4v) is 3.32. The van der Waals surface area contributed by atoms with Crippen LogP contribution in [0.2, 0.25) is 5.02 Å². The highest BCUT2D eigenvalue weighted by Gasteiger charge is 2.20. The van der Waals surface area contributed by atoms with Gasteiger partial charge in [0.2, 0.25) is 0 Å². The summed E-state index contributed by atoms with van der Waals surface area (Å²) in [5.74, 6) is 0.819. The summed E-state index contributed by atoms with van der Waals surface area (Å²) in [6.45, 7) is 5.39. The first kappa shape index (κ1) is 15.6. The monoisotopic (exact) mass is 295 g/mol. The summed E-state index contributed by atoms with van der Waals surface area (Å²) in [5, 5.41) is 0.785. The molecule has 0 aromatic heterocycles. The molecule has 1 aromatic carbocycles. The van der Waals surface area contributed by atoms with E-state index in [1.54, 1.807) is 0 Å². The molecule has 112 valence electrons. The Morgan fingerprint density at radius 3 is 2.50 bits per heavy atom. The summed E-state index contributed by atoms with van der Waals surface area (Å²) in [6.07, 6.45) is 2.51. The Kier molecular flexibility index (Phi) is 5.30. The van der Waals surface area contributed by atoms with Crippen LogP contribution < -0.4 is 10.6 Å². The molecule has 0 spiro atoms. The molecule has 0 aliphatic carbocycles. The number of nitrogens with zero attached hydrogens (tertiary/aromatic N) is 2. The Bertz CT molecular complexity index is 437. The van der Waals surface area contributed by atoms with Crippen molar-refractivity contribution in [3.8, 4) is 0 Å². The molecule has 1 fully saturated rings. The van der Waals surface area contributed by atoms with Crippen molar-refractivity contribution in [3.05, 3.63) is 28.8 Å². The summed E-state index contributed by atoms with van der Waals surface area (Å²) < 4.78 is 0. The van der Waals surface area contributed by atoms with Crippen molar-refractivity contribution in [3.63, 3.8) is 0 Å². The number of hydrogen-bond donors (Lipinski definition) is 1. The number of anilines is 1. The third-order valence-corrected chi connectivity index (χ3v) is 4.40. The second-order valence-electron chi connectivity index (χ2n) is 6.19.